The second kappa shape index (κ2) is 7.19. The zero-order valence-corrected chi connectivity index (χ0v) is 13.9. The minimum absolute atomic E-state index is 0.299. The molecule has 0 radical (unpaired) electrons. The Kier molecular flexibility index (Phi) is 5.01. The molecular formula is C17H21FN4O2. The maximum atomic E-state index is 13.5. The number of aliphatic hydroxyl groups excluding tert-OH is 1. The summed E-state index contributed by atoms with van der Waals surface area (Å²) in [6.45, 7) is 2.57. The van der Waals surface area contributed by atoms with Gasteiger partial charge >= 0.3 is 0 Å². The molecule has 1 aliphatic rings. The Hall–Kier alpha value is -2.12. The summed E-state index contributed by atoms with van der Waals surface area (Å²) in [4.78, 5) is 15.2. The van der Waals surface area contributed by atoms with E-state index in [2.05, 4.69) is 15.0 Å². The monoisotopic (exact) mass is 332 g/mol. The Morgan fingerprint density at radius 2 is 2.21 bits per heavy atom. The molecule has 0 aliphatic heterocycles. The third-order valence-electron chi connectivity index (χ3n) is 4.01. The molecule has 2 aromatic rings. The van der Waals surface area contributed by atoms with E-state index in [1.54, 1.807) is 0 Å². The smallest absolute Gasteiger partial charge is 0.180 e. The van der Waals surface area contributed by atoms with Crippen LogP contribution in [0.5, 0.6) is 0 Å². The number of halogens is 1. The van der Waals surface area contributed by atoms with Crippen LogP contribution < -0.4 is 4.90 Å². The Balaban J connectivity index is 1.96. The van der Waals surface area contributed by atoms with Gasteiger partial charge in [-0.25, -0.2) is 14.4 Å². The first-order valence-electron chi connectivity index (χ1n) is 8.11. The van der Waals surface area contributed by atoms with Gasteiger partial charge in [-0.15, -0.1) is 0 Å². The first-order valence-corrected chi connectivity index (χ1v) is 8.11. The van der Waals surface area contributed by atoms with Crippen molar-refractivity contribution in [2.45, 2.75) is 32.5 Å². The van der Waals surface area contributed by atoms with E-state index in [1.165, 1.54) is 18.3 Å². The molecular weight excluding hydrogens is 311 g/mol. The van der Waals surface area contributed by atoms with Crippen molar-refractivity contribution in [3.8, 4) is 11.5 Å². The molecule has 128 valence electrons. The molecule has 7 heteroatoms. The zero-order chi connectivity index (χ0) is 17.1. The number of nitrogens with zero attached hydrogens (tertiary/aromatic N) is 4. The molecule has 2 aromatic heterocycles. The van der Waals surface area contributed by atoms with Gasteiger partial charge in [0.1, 0.15) is 17.3 Å². The second-order valence-electron chi connectivity index (χ2n) is 5.80. The first kappa shape index (κ1) is 16.7. The zero-order valence-electron chi connectivity index (χ0n) is 13.9. The third kappa shape index (κ3) is 3.52. The number of hydrogen-bond acceptors (Lipinski definition) is 6. The molecule has 0 saturated carbocycles. The molecule has 2 heterocycles. The maximum absolute atomic E-state index is 13.5. The molecule has 0 saturated heterocycles. The van der Waals surface area contributed by atoms with E-state index in [9.17, 15) is 9.50 Å². The molecule has 1 unspecified atom stereocenters. The van der Waals surface area contributed by atoms with Crippen molar-refractivity contribution in [1.29, 1.82) is 0 Å². The number of ether oxygens (including phenoxy) is 1. The van der Waals surface area contributed by atoms with Crippen LogP contribution in [0.2, 0.25) is 0 Å². The number of rotatable bonds is 6. The summed E-state index contributed by atoms with van der Waals surface area (Å²) in [7, 11) is 1.85. The van der Waals surface area contributed by atoms with Gasteiger partial charge in [-0.05, 0) is 32.3 Å². The normalized spacial score (nSPS) is 14.5. The van der Waals surface area contributed by atoms with Crippen LogP contribution in [0.15, 0.2) is 18.3 Å². The summed E-state index contributed by atoms with van der Waals surface area (Å²) in [5, 5.41) is 9.88. The lowest BCUT2D eigenvalue weighted by molar-refractivity contribution is -0.0869. The maximum Gasteiger partial charge on any atom is 0.180 e. The van der Waals surface area contributed by atoms with E-state index in [1.807, 2.05) is 18.9 Å². The molecule has 0 aromatic carbocycles. The number of hydrogen-bond donors (Lipinski definition) is 1. The van der Waals surface area contributed by atoms with Crippen LogP contribution in [0, 0.1) is 5.82 Å². The lowest BCUT2D eigenvalue weighted by Gasteiger charge is -2.24. The van der Waals surface area contributed by atoms with Crippen molar-refractivity contribution >= 4 is 5.82 Å². The van der Waals surface area contributed by atoms with Crippen molar-refractivity contribution in [2.24, 2.45) is 0 Å². The molecule has 24 heavy (non-hydrogen) atoms. The van der Waals surface area contributed by atoms with Gasteiger partial charge in [0.15, 0.2) is 12.1 Å². The third-order valence-corrected chi connectivity index (χ3v) is 4.01. The van der Waals surface area contributed by atoms with Crippen molar-refractivity contribution in [3.63, 3.8) is 0 Å². The minimum Gasteiger partial charge on any atom is -0.366 e. The van der Waals surface area contributed by atoms with E-state index in [0.717, 1.165) is 36.3 Å². The van der Waals surface area contributed by atoms with Gasteiger partial charge < -0.3 is 14.7 Å². The number of likely N-dealkylation sites (N-methyl/N-ethyl adjacent to an activating group) is 1. The number of fused-ring (bicyclic) bond motifs is 1. The summed E-state index contributed by atoms with van der Waals surface area (Å²) < 4.78 is 18.7. The van der Waals surface area contributed by atoms with E-state index in [4.69, 9.17) is 4.74 Å². The van der Waals surface area contributed by atoms with E-state index >= 15 is 0 Å². The first-order chi connectivity index (χ1) is 11.6. The highest BCUT2D eigenvalue weighted by molar-refractivity contribution is 5.58. The largest absolute Gasteiger partial charge is 0.366 e. The number of aliphatic hydroxyl groups is 1. The van der Waals surface area contributed by atoms with Gasteiger partial charge in [-0.1, -0.05) is 0 Å². The molecule has 1 atom stereocenters. The number of pyridine rings is 1. The van der Waals surface area contributed by atoms with Crippen LogP contribution in [0.1, 0.15) is 24.6 Å². The number of anilines is 1. The van der Waals surface area contributed by atoms with Crippen LogP contribution in [0.4, 0.5) is 10.2 Å². The average molecular weight is 332 g/mol. The summed E-state index contributed by atoms with van der Waals surface area (Å²) in [6.07, 6.45) is 3.30. The fourth-order valence-corrected chi connectivity index (χ4v) is 2.94. The van der Waals surface area contributed by atoms with Gasteiger partial charge in [0.25, 0.3) is 0 Å². The topological polar surface area (TPSA) is 71.4 Å². The number of aryl methyl sites for hydroxylation is 1. The Morgan fingerprint density at radius 1 is 1.38 bits per heavy atom. The van der Waals surface area contributed by atoms with Gasteiger partial charge in [0, 0.05) is 37.2 Å². The Labute approximate surface area is 140 Å². The molecule has 1 aliphatic carbocycles. The van der Waals surface area contributed by atoms with Crippen molar-refractivity contribution < 1.29 is 14.2 Å². The SMILES string of the molecule is CCOC(O)CN(C)c1nc(-c2cc(F)ccn2)nc2c1CCC2. The highest BCUT2D eigenvalue weighted by Gasteiger charge is 2.23. The van der Waals surface area contributed by atoms with Crippen LogP contribution >= 0.6 is 0 Å². The molecule has 1 N–H and O–H groups in total. The Morgan fingerprint density at radius 3 is 2.96 bits per heavy atom. The predicted octanol–water partition coefficient (Wildman–Crippen LogP) is 1.96. The van der Waals surface area contributed by atoms with Gasteiger partial charge in [-0.3, -0.25) is 4.98 Å². The molecule has 3 rings (SSSR count). The van der Waals surface area contributed by atoms with E-state index < -0.39 is 6.29 Å². The quantitative estimate of drug-likeness (QED) is 0.816. The summed E-state index contributed by atoms with van der Waals surface area (Å²) in [5.41, 5.74) is 2.46. The van der Waals surface area contributed by atoms with Gasteiger partial charge in [0.2, 0.25) is 0 Å². The molecule has 0 amide bonds. The lowest BCUT2D eigenvalue weighted by atomic mass is 10.2. The van der Waals surface area contributed by atoms with Crippen LogP contribution in [-0.4, -0.2) is 46.5 Å². The second-order valence-corrected chi connectivity index (χ2v) is 5.80. The van der Waals surface area contributed by atoms with Crippen LogP contribution in [0.3, 0.4) is 0 Å². The standard InChI is InChI=1S/C17H21FN4O2/c1-3-24-15(23)10-22(2)17-12-5-4-6-13(12)20-16(21-17)14-9-11(18)7-8-19-14/h7-9,15,23H,3-6,10H2,1-2H3. The van der Waals surface area contributed by atoms with Gasteiger partial charge in [-0.2, -0.15) is 0 Å². The van der Waals surface area contributed by atoms with Crippen LogP contribution in [0.25, 0.3) is 11.5 Å². The van der Waals surface area contributed by atoms with Crippen LogP contribution in [-0.2, 0) is 17.6 Å². The highest BCUT2D eigenvalue weighted by atomic mass is 19.1. The fraction of sp³-hybridized carbons (Fsp3) is 0.471. The summed E-state index contributed by atoms with van der Waals surface area (Å²) in [5.74, 6) is 0.783. The van der Waals surface area contributed by atoms with E-state index in [-0.39, 0.29) is 5.82 Å². The Bertz CT molecular complexity index is 726. The number of aromatic nitrogens is 3. The molecule has 6 nitrogen and oxygen atoms in total. The lowest BCUT2D eigenvalue weighted by Crippen LogP contribution is -2.32. The molecule has 0 spiro atoms. The highest BCUT2D eigenvalue weighted by Crippen LogP contribution is 2.30. The summed E-state index contributed by atoms with van der Waals surface area (Å²) in [6, 6.07) is 2.62. The van der Waals surface area contributed by atoms with E-state index in [0.29, 0.717) is 24.7 Å². The average Bonchev–Trinajstić information content (AvgIpc) is 3.02. The van der Waals surface area contributed by atoms with Crippen molar-refractivity contribution in [1.82, 2.24) is 15.0 Å². The van der Waals surface area contributed by atoms with Crippen molar-refractivity contribution in [3.05, 3.63) is 35.4 Å². The predicted molar refractivity (Wildman–Crippen MR) is 88.1 cm³/mol. The molecule has 0 bridgehead atoms. The minimum atomic E-state index is -0.886. The summed E-state index contributed by atoms with van der Waals surface area (Å²) >= 11 is 0. The fourth-order valence-electron chi connectivity index (χ4n) is 2.94. The van der Waals surface area contributed by atoms with Gasteiger partial charge in [0.05, 0.1) is 6.54 Å². The van der Waals surface area contributed by atoms with Crippen molar-refractivity contribution in [2.75, 3.05) is 25.1 Å². The molecule has 0 fully saturated rings.